The van der Waals surface area contributed by atoms with Crippen LogP contribution in [0.3, 0.4) is 0 Å². The van der Waals surface area contributed by atoms with E-state index in [0.29, 0.717) is 17.6 Å². The van der Waals surface area contributed by atoms with Crippen molar-refractivity contribution in [2.45, 2.75) is 26.8 Å². The van der Waals surface area contributed by atoms with Crippen LogP contribution in [0.5, 0.6) is 0 Å². The summed E-state index contributed by atoms with van der Waals surface area (Å²) in [4.78, 5) is 24.0. The SMILES string of the molecule is CCN(CC)CCNC(=O)CCn1cc(Br)c([N+](=O)[O-])n1. The van der Waals surface area contributed by atoms with E-state index >= 15 is 0 Å². The van der Waals surface area contributed by atoms with Crippen LogP contribution in [0.4, 0.5) is 5.82 Å². The van der Waals surface area contributed by atoms with E-state index in [9.17, 15) is 14.9 Å². The number of hydrogen-bond acceptors (Lipinski definition) is 5. The molecule has 0 bridgehead atoms. The second kappa shape index (κ2) is 8.73. The van der Waals surface area contributed by atoms with Crippen molar-refractivity contribution in [2.75, 3.05) is 26.2 Å². The predicted molar refractivity (Wildman–Crippen MR) is 82.0 cm³/mol. The first-order valence-electron chi connectivity index (χ1n) is 6.84. The van der Waals surface area contributed by atoms with Crippen molar-refractivity contribution in [1.29, 1.82) is 0 Å². The van der Waals surface area contributed by atoms with Crippen molar-refractivity contribution < 1.29 is 9.72 Å². The Hall–Kier alpha value is -1.48. The van der Waals surface area contributed by atoms with Crippen LogP contribution in [0.2, 0.25) is 0 Å². The van der Waals surface area contributed by atoms with E-state index in [4.69, 9.17) is 0 Å². The summed E-state index contributed by atoms with van der Waals surface area (Å²) in [5, 5.41) is 17.3. The van der Waals surface area contributed by atoms with Gasteiger partial charge in [0.1, 0.15) is 4.47 Å². The average Bonchev–Trinajstić information content (AvgIpc) is 2.83. The Bertz CT molecular complexity index is 487. The number of nitrogens with one attached hydrogen (secondary N) is 1. The molecule has 0 spiro atoms. The molecule has 0 fully saturated rings. The van der Waals surface area contributed by atoms with Crippen molar-refractivity contribution in [1.82, 2.24) is 20.0 Å². The van der Waals surface area contributed by atoms with Crippen LogP contribution in [0.15, 0.2) is 10.7 Å². The van der Waals surface area contributed by atoms with Crippen molar-refractivity contribution in [2.24, 2.45) is 0 Å². The summed E-state index contributed by atoms with van der Waals surface area (Å²) >= 11 is 3.07. The summed E-state index contributed by atoms with van der Waals surface area (Å²) in [5.41, 5.74) is 0. The van der Waals surface area contributed by atoms with Gasteiger partial charge in [-0.25, -0.2) is 0 Å². The highest BCUT2D eigenvalue weighted by atomic mass is 79.9. The molecule has 118 valence electrons. The summed E-state index contributed by atoms with van der Waals surface area (Å²) in [6, 6.07) is 0. The van der Waals surface area contributed by atoms with Gasteiger partial charge in [0.15, 0.2) is 0 Å². The minimum absolute atomic E-state index is 0.0866. The lowest BCUT2D eigenvalue weighted by Crippen LogP contribution is -2.35. The van der Waals surface area contributed by atoms with E-state index in [1.165, 1.54) is 10.9 Å². The maximum Gasteiger partial charge on any atom is 0.404 e. The van der Waals surface area contributed by atoms with Crippen LogP contribution < -0.4 is 5.32 Å². The van der Waals surface area contributed by atoms with Crippen LogP contribution in [0.1, 0.15) is 20.3 Å². The minimum atomic E-state index is -0.565. The summed E-state index contributed by atoms with van der Waals surface area (Å²) in [7, 11) is 0. The number of likely N-dealkylation sites (N-methyl/N-ethyl adjacent to an activating group) is 1. The summed E-state index contributed by atoms with van der Waals surface area (Å²) in [6.07, 6.45) is 1.74. The zero-order chi connectivity index (χ0) is 15.8. The first-order valence-corrected chi connectivity index (χ1v) is 7.63. The molecule has 9 heteroatoms. The smallest absolute Gasteiger partial charge is 0.358 e. The van der Waals surface area contributed by atoms with Gasteiger partial charge >= 0.3 is 5.82 Å². The minimum Gasteiger partial charge on any atom is -0.358 e. The molecule has 1 aromatic heterocycles. The fourth-order valence-corrected chi connectivity index (χ4v) is 2.28. The van der Waals surface area contributed by atoms with Gasteiger partial charge in [-0.1, -0.05) is 13.8 Å². The molecule has 1 amide bonds. The number of nitro groups is 1. The van der Waals surface area contributed by atoms with E-state index in [1.807, 2.05) is 0 Å². The molecule has 1 N–H and O–H groups in total. The van der Waals surface area contributed by atoms with E-state index in [2.05, 4.69) is 45.1 Å². The molecule has 0 aromatic carbocycles. The molecule has 0 aliphatic heterocycles. The Morgan fingerprint density at radius 3 is 2.71 bits per heavy atom. The number of carbonyl (C=O) groups is 1. The molecule has 0 saturated carbocycles. The Morgan fingerprint density at radius 2 is 2.19 bits per heavy atom. The molecule has 21 heavy (non-hydrogen) atoms. The maximum absolute atomic E-state index is 11.7. The van der Waals surface area contributed by atoms with Crippen LogP contribution in [0.25, 0.3) is 0 Å². The number of carbonyl (C=O) groups excluding carboxylic acids is 1. The first-order chi connectivity index (χ1) is 9.97. The molecular formula is C12H20BrN5O3. The molecule has 0 radical (unpaired) electrons. The molecule has 0 atom stereocenters. The van der Waals surface area contributed by atoms with Gasteiger partial charge < -0.3 is 20.3 Å². The molecule has 8 nitrogen and oxygen atoms in total. The Balaban J connectivity index is 2.33. The average molecular weight is 362 g/mol. The third kappa shape index (κ3) is 5.80. The van der Waals surface area contributed by atoms with Crippen LogP contribution in [-0.2, 0) is 11.3 Å². The number of aromatic nitrogens is 2. The van der Waals surface area contributed by atoms with E-state index in [-0.39, 0.29) is 18.1 Å². The number of rotatable bonds is 9. The van der Waals surface area contributed by atoms with Gasteiger partial charge in [0.25, 0.3) is 0 Å². The Morgan fingerprint density at radius 1 is 1.52 bits per heavy atom. The number of hydrogen-bond donors (Lipinski definition) is 1. The van der Waals surface area contributed by atoms with Gasteiger partial charge in [-0.05, 0) is 33.9 Å². The number of aryl methyl sites for hydroxylation is 1. The molecular weight excluding hydrogens is 342 g/mol. The van der Waals surface area contributed by atoms with Crippen molar-refractivity contribution in [3.8, 4) is 0 Å². The zero-order valence-corrected chi connectivity index (χ0v) is 13.8. The quantitative estimate of drug-likeness (QED) is 0.530. The van der Waals surface area contributed by atoms with Crippen molar-refractivity contribution >= 4 is 27.7 Å². The third-order valence-corrected chi connectivity index (χ3v) is 3.64. The second-order valence-corrected chi connectivity index (χ2v) is 5.30. The van der Waals surface area contributed by atoms with Gasteiger partial charge in [0, 0.05) is 19.5 Å². The van der Waals surface area contributed by atoms with Gasteiger partial charge in [0.05, 0.1) is 17.8 Å². The van der Waals surface area contributed by atoms with Crippen LogP contribution in [-0.4, -0.2) is 51.7 Å². The van der Waals surface area contributed by atoms with Crippen LogP contribution >= 0.6 is 15.9 Å². The molecule has 1 rings (SSSR count). The highest BCUT2D eigenvalue weighted by molar-refractivity contribution is 9.10. The van der Waals surface area contributed by atoms with Gasteiger partial charge in [-0.2, -0.15) is 4.68 Å². The third-order valence-electron chi connectivity index (χ3n) is 3.08. The first kappa shape index (κ1) is 17.6. The Kier molecular flexibility index (Phi) is 7.30. The fourth-order valence-electron chi connectivity index (χ4n) is 1.82. The van der Waals surface area contributed by atoms with Crippen LogP contribution in [0, 0.1) is 10.1 Å². The number of halogens is 1. The summed E-state index contributed by atoms with van der Waals surface area (Å²) in [6.45, 7) is 7.79. The summed E-state index contributed by atoms with van der Waals surface area (Å²) < 4.78 is 1.71. The normalized spacial score (nSPS) is 10.9. The van der Waals surface area contributed by atoms with E-state index in [1.54, 1.807) is 0 Å². The molecule has 1 heterocycles. The molecule has 0 aliphatic rings. The highest BCUT2D eigenvalue weighted by Gasteiger charge is 2.18. The Labute approximate surface area is 131 Å². The number of nitrogens with zero attached hydrogens (tertiary/aromatic N) is 4. The largest absolute Gasteiger partial charge is 0.404 e. The molecule has 1 aromatic rings. The van der Waals surface area contributed by atoms with Crippen molar-refractivity contribution in [3.05, 3.63) is 20.8 Å². The van der Waals surface area contributed by atoms with Crippen molar-refractivity contribution in [3.63, 3.8) is 0 Å². The van der Waals surface area contributed by atoms with Gasteiger partial charge in [0.2, 0.25) is 5.91 Å². The molecule has 0 unspecified atom stereocenters. The van der Waals surface area contributed by atoms with Gasteiger partial charge in [-0.3, -0.25) is 4.79 Å². The maximum atomic E-state index is 11.7. The fraction of sp³-hybridized carbons (Fsp3) is 0.667. The number of amides is 1. The molecule has 0 saturated heterocycles. The monoisotopic (exact) mass is 361 g/mol. The summed E-state index contributed by atoms with van der Waals surface area (Å²) in [5.74, 6) is -0.326. The van der Waals surface area contributed by atoms with Gasteiger partial charge in [-0.15, -0.1) is 0 Å². The van der Waals surface area contributed by atoms with E-state index in [0.717, 1.165) is 19.6 Å². The lowest BCUT2D eigenvalue weighted by Gasteiger charge is -2.17. The lowest BCUT2D eigenvalue weighted by atomic mass is 10.4. The second-order valence-electron chi connectivity index (χ2n) is 4.45. The lowest BCUT2D eigenvalue weighted by molar-refractivity contribution is -0.390. The standard InChI is InChI=1S/C12H20BrN5O3/c1-3-16(4-2)8-6-14-11(19)5-7-17-9-10(13)12(15-17)18(20)21/h9H,3-8H2,1-2H3,(H,14,19). The zero-order valence-electron chi connectivity index (χ0n) is 12.2. The van der Waals surface area contributed by atoms with E-state index < -0.39 is 4.92 Å². The topological polar surface area (TPSA) is 93.3 Å². The predicted octanol–water partition coefficient (Wildman–Crippen LogP) is 1.40. The highest BCUT2D eigenvalue weighted by Crippen LogP contribution is 2.21. The molecule has 0 aliphatic carbocycles.